The fourth-order valence-corrected chi connectivity index (χ4v) is 0.123. The van der Waals surface area contributed by atoms with Gasteiger partial charge in [0.25, 0.3) is 0 Å². The number of hydrogen-bond donors (Lipinski definition) is 0. The van der Waals surface area contributed by atoms with Crippen LogP contribution in [0.25, 0.3) is 0 Å². The van der Waals surface area contributed by atoms with Gasteiger partial charge in [-0.3, -0.25) is 0 Å². The average Bonchev–Trinajstić information content (AvgIpc) is 1.41. The number of hydrogen-bond acceptors (Lipinski definition) is 2. The fourth-order valence-electron chi connectivity index (χ4n) is 0.0208. The Morgan fingerprint density at radius 1 is 1.20 bits per heavy atom. The van der Waals surface area contributed by atoms with Gasteiger partial charge in [0.05, 0.1) is 0 Å². The summed E-state index contributed by atoms with van der Waals surface area (Å²) in [5.41, 5.74) is 0. The van der Waals surface area contributed by atoms with E-state index < -0.39 is 22.3 Å². The summed E-state index contributed by atoms with van der Waals surface area (Å²) in [5, 5.41) is 0. The molecule has 0 unspecified atom stereocenters. The Bertz CT molecular complexity index is 99.6. The van der Waals surface area contributed by atoms with Crippen LogP contribution in [0.15, 0.2) is 0 Å². The van der Waals surface area contributed by atoms with Crippen LogP contribution in [0, 0.1) is 0 Å². The molecule has 2 nitrogen and oxygen atoms in total. The van der Waals surface area contributed by atoms with Crippen LogP contribution >= 0.6 is 0 Å². The van der Waals surface area contributed by atoms with Gasteiger partial charge in [0.15, 0.2) is 0 Å². The molecule has 0 saturated carbocycles. The Morgan fingerprint density at radius 2 is 1.60 bits per heavy atom. The molecule has 0 atom stereocenters. The standard InChI is InChI=1S/2CO.Zr/c2*1-2;. The molecule has 3 heteroatoms. The number of carbonyl (C=O) groups excluding carboxylic acids is 2. The SMILES string of the molecule is O=[C]=[Zr]=[C]=O. The van der Waals surface area contributed by atoms with E-state index in [1.807, 2.05) is 0 Å². The first kappa shape index (κ1) is 5.04. The molecule has 0 aromatic rings. The molecular weight excluding hydrogens is 147 g/mol. The molecule has 0 amide bonds. The van der Waals surface area contributed by atoms with E-state index in [-0.39, 0.29) is 0 Å². The summed E-state index contributed by atoms with van der Waals surface area (Å²) in [6.45, 7) is 0. The van der Waals surface area contributed by atoms with E-state index in [1.165, 1.54) is 7.15 Å². The van der Waals surface area contributed by atoms with E-state index in [1.54, 1.807) is 0 Å². The van der Waals surface area contributed by atoms with Crippen molar-refractivity contribution < 1.29 is 31.9 Å². The van der Waals surface area contributed by atoms with Gasteiger partial charge in [-0.05, 0) is 0 Å². The molecule has 0 bridgehead atoms. The third-order valence-electron chi connectivity index (χ3n) is 0.102. The molecule has 0 aliphatic rings. The van der Waals surface area contributed by atoms with Crippen LogP contribution in [0.1, 0.15) is 0 Å². The predicted octanol–water partition coefficient (Wildman–Crippen LogP) is -0.797. The topological polar surface area (TPSA) is 34.1 Å². The van der Waals surface area contributed by atoms with Gasteiger partial charge in [0.1, 0.15) is 0 Å². The summed E-state index contributed by atoms with van der Waals surface area (Å²) in [5.74, 6) is 0. The van der Waals surface area contributed by atoms with Crippen LogP contribution in [0.3, 0.4) is 0 Å². The van der Waals surface area contributed by atoms with Crippen molar-refractivity contribution in [3.63, 3.8) is 0 Å². The molecule has 0 aromatic carbocycles. The second-order valence-corrected chi connectivity index (χ2v) is 1.95. The summed E-state index contributed by atoms with van der Waals surface area (Å²) < 4.78 is 3.03. The second kappa shape index (κ2) is 4.04. The third-order valence-corrected chi connectivity index (χ3v) is 0.604. The Hall–Kier alpha value is 0.0431. The molecule has 0 aliphatic carbocycles. The van der Waals surface area contributed by atoms with Gasteiger partial charge in [-0.15, -0.1) is 0 Å². The van der Waals surface area contributed by atoms with Crippen LogP contribution in [0.5, 0.6) is 0 Å². The van der Waals surface area contributed by atoms with Gasteiger partial charge in [0, 0.05) is 0 Å². The zero-order valence-electron chi connectivity index (χ0n) is 2.32. The molecule has 0 spiro atoms. The molecule has 0 fully saturated rings. The summed E-state index contributed by atoms with van der Waals surface area (Å²) in [6.07, 6.45) is 0. The normalized spacial score (nSPS) is 3.20. The first-order valence-electron chi connectivity index (χ1n) is 0.908. The Kier molecular flexibility index (Phi) is 4.08. The quantitative estimate of drug-likeness (QED) is 0.450. The van der Waals surface area contributed by atoms with E-state index in [0.29, 0.717) is 0 Å². The zero-order chi connectivity index (χ0) is 4.12. The van der Waals surface area contributed by atoms with Gasteiger partial charge in [-0.25, -0.2) is 0 Å². The summed E-state index contributed by atoms with van der Waals surface area (Å²) in [4.78, 5) is 18.2. The van der Waals surface area contributed by atoms with Crippen molar-refractivity contribution >= 4 is 7.15 Å². The maximum absolute atomic E-state index is 9.09. The van der Waals surface area contributed by atoms with Crippen LogP contribution in [-0.4, -0.2) is 7.15 Å². The van der Waals surface area contributed by atoms with Crippen LogP contribution < -0.4 is 0 Å². The van der Waals surface area contributed by atoms with E-state index in [0.717, 1.165) is 0 Å². The van der Waals surface area contributed by atoms with E-state index in [2.05, 4.69) is 0 Å². The fraction of sp³-hybridized carbons (Fsp3) is 0. The Balaban J connectivity index is 4.38. The molecule has 24 valence electrons. The van der Waals surface area contributed by atoms with Crippen molar-refractivity contribution in [1.29, 1.82) is 0 Å². The van der Waals surface area contributed by atoms with Gasteiger partial charge in [0.2, 0.25) is 0 Å². The van der Waals surface area contributed by atoms with Crippen LogP contribution in [0.4, 0.5) is 0 Å². The monoisotopic (exact) mass is 146 g/mol. The zero-order valence-corrected chi connectivity index (χ0v) is 4.77. The van der Waals surface area contributed by atoms with Crippen molar-refractivity contribution in [3.05, 3.63) is 0 Å². The molecule has 0 saturated heterocycles. The Morgan fingerprint density at radius 3 is 1.60 bits per heavy atom. The van der Waals surface area contributed by atoms with Crippen molar-refractivity contribution in [2.24, 2.45) is 0 Å². The first-order chi connectivity index (χ1) is 2.41. The summed E-state index contributed by atoms with van der Waals surface area (Å²) in [6, 6.07) is 0. The molecule has 0 aliphatic heterocycles. The van der Waals surface area contributed by atoms with E-state index in [9.17, 15) is 0 Å². The summed E-state index contributed by atoms with van der Waals surface area (Å²) >= 11 is -1.39. The molecular formula is C2O2Zr. The van der Waals surface area contributed by atoms with Crippen molar-refractivity contribution in [1.82, 2.24) is 0 Å². The Labute approximate surface area is 39.3 Å². The average molecular weight is 147 g/mol. The van der Waals surface area contributed by atoms with Crippen molar-refractivity contribution in [3.8, 4) is 0 Å². The second-order valence-electron chi connectivity index (χ2n) is 0.329. The minimum absolute atomic E-state index is 1.39. The molecule has 0 radical (unpaired) electrons. The van der Waals surface area contributed by atoms with Gasteiger partial charge in [-0.2, -0.15) is 0 Å². The van der Waals surface area contributed by atoms with Gasteiger partial charge < -0.3 is 0 Å². The molecule has 0 heterocycles. The number of rotatable bonds is 0. The molecule has 0 aromatic heterocycles. The minimum atomic E-state index is -1.39. The first-order valence-corrected chi connectivity index (χ1v) is 3.37. The molecule has 0 N–H and O–H groups in total. The molecule has 5 heavy (non-hydrogen) atoms. The van der Waals surface area contributed by atoms with E-state index in [4.69, 9.17) is 9.59 Å². The van der Waals surface area contributed by atoms with Crippen molar-refractivity contribution in [2.75, 3.05) is 0 Å². The van der Waals surface area contributed by atoms with E-state index >= 15 is 0 Å². The maximum atomic E-state index is 9.09. The van der Waals surface area contributed by atoms with Crippen LogP contribution in [-0.2, 0) is 31.9 Å². The predicted molar refractivity (Wildman–Crippen MR) is 11.4 cm³/mol. The van der Waals surface area contributed by atoms with Crippen LogP contribution in [0.2, 0.25) is 0 Å². The molecule has 0 rings (SSSR count). The van der Waals surface area contributed by atoms with Gasteiger partial charge in [-0.1, -0.05) is 0 Å². The van der Waals surface area contributed by atoms with Gasteiger partial charge >= 0.3 is 39.0 Å². The summed E-state index contributed by atoms with van der Waals surface area (Å²) in [7, 11) is 0. The van der Waals surface area contributed by atoms with Crippen molar-refractivity contribution in [2.45, 2.75) is 0 Å². The third kappa shape index (κ3) is 4.04.